The fourth-order valence-corrected chi connectivity index (χ4v) is 8.61. The first-order chi connectivity index (χ1) is 15.5. The molecule has 3 heterocycles. The van der Waals surface area contributed by atoms with Crippen LogP contribution in [0.5, 0.6) is 0 Å². The summed E-state index contributed by atoms with van der Waals surface area (Å²) in [6, 6.07) is 4.64. The summed E-state index contributed by atoms with van der Waals surface area (Å²) < 4.78 is -1.08. The Morgan fingerprint density at radius 1 is 1.24 bits per heavy atom. The fraction of sp³-hybridized carbons (Fsp3) is 0.640. The first kappa shape index (κ1) is 24.1. The average molecular weight is 474 g/mol. The normalized spacial score (nSPS) is 33.4. The number of amides is 3. The zero-order valence-corrected chi connectivity index (χ0v) is 21.1. The molecule has 3 saturated heterocycles. The number of aliphatic hydroxyl groups is 1. The van der Waals surface area contributed by atoms with E-state index in [0.29, 0.717) is 6.42 Å². The second-order valence-electron chi connectivity index (χ2n) is 10.4. The lowest BCUT2D eigenvalue weighted by molar-refractivity contribution is -0.143. The number of anilines is 1. The SMILES string of the molecule is CNC(=O)[C@H]1[C@H]2C(=O)N([C@@H](CO)C(C)C)C(C(=O)Nc3cc(C)ccc3C)C23CC[C@]1(C)S3. The Morgan fingerprint density at radius 3 is 2.55 bits per heavy atom. The van der Waals surface area contributed by atoms with Crippen LogP contribution in [0.15, 0.2) is 18.2 Å². The number of nitrogens with zero attached hydrogens (tertiary/aromatic N) is 1. The van der Waals surface area contributed by atoms with Crippen LogP contribution in [0.1, 0.15) is 44.7 Å². The summed E-state index contributed by atoms with van der Waals surface area (Å²) in [5.41, 5.74) is 2.70. The van der Waals surface area contributed by atoms with Crippen LogP contribution >= 0.6 is 11.8 Å². The molecule has 4 rings (SSSR count). The molecule has 1 aromatic carbocycles. The Kier molecular flexibility index (Phi) is 6.06. The van der Waals surface area contributed by atoms with Crippen molar-refractivity contribution in [3.63, 3.8) is 0 Å². The van der Waals surface area contributed by atoms with Crippen LogP contribution in [-0.2, 0) is 14.4 Å². The predicted molar refractivity (Wildman–Crippen MR) is 130 cm³/mol. The highest BCUT2D eigenvalue weighted by atomic mass is 32.2. The molecule has 3 N–H and O–H groups in total. The molecule has 0 aromatic heterocycles. The van der Waals surface area contributed by atoms with Crippen LogP contribution < -0.4 is 10.6 Å². The Bertz CT molecular complexity index is 998. The first-order valence-electron chi connectivity index (χ1n) is 11.7. The van der Waals surface area contributed by atoms with E-state index in [1.807, 2.05) is 52.8 Å². The molecular formula is C25H35N3O4S. The topological polar surface area (TPSA) is 98.7 Å². The van der Waals surface area contributed by atoms with Crippen molar-refractivity contribution >= 4 is 35.2 Å². The van der Waals surface area contributed by atoms with E-state index in [9.17, 15) is 19.5 Å². The molecule has 33 heavy (non-hydrogen) atoms. The van der Waals surface area contributed by atoms with Gasteiger partial charge in [0.05, 0.1) is 29.2 Å². The molecule has 3 amide bonds. The molecule has 180 valence electrons. The van der Waals surface area contributed by atoms with Crippen molar-refractivity contribution in [2.75, 3.05) is 19.0 Å². The zero-order valence-electron chi connectivity index (χ0n) is 20.3. The van der Waals surface area contributed by atoms with Gasteiger partial charge in [-0.2, -0.15) is 0 Å². The lowest BCUT2D eigenvalue weighted by Gasteiger charge is -2.38. The smallest absolute Gasteiger partial charge is 0.248 e. The number of hydrogen-bond donors (Lipinski definition) is 3. The Labute approximate surface area is 200 Å². The average Bonchev–Trinajstić information content (AvgIpc) is 3.32. The van der Waals surface area contributed by atoms with Crippen molar-refractivity contribution in [1.29, 1.82) is 0 Å². The second kappa shape index (κ2) is 8.31. The monoisotopic (exact) mass is 473 g/mol. The van der Waals surface area contributed by atoms with Gasteiger partial charge in [-0.3, -0.25) is 14.4 Å². The second-order valence-corrected chi connectivity index (χ2v) is 12.3. The first-order valence-corrected chi connectivity index (χ1v) is 12.6. The summed E-state index contributed by atoms with van der Waals surface area (Å²) in [5, 5.41) is 16.1. The highest BCUT2D eigenvalue weighted by molar-refractivity contribution is 8.02. The van der Waals surface area contributed by atoms with Crippen molar-refractivity contribution in [1.82, 2.24) is 10.2 Å². The lowest BCUT2D eigenvalue weighted by atomic mass is 9.66. The van der Waals surface area contributed by atoms with E-state index in [1.54, 1.807) is 23.7 Å². The fourth-order valence-electron chi connectivity index (χ4n) is 6.27. The summed E-state index contributed by atoms with van der Waals surface area (Å²) in [4.78, 5) is 42.5. The summed E-state index contributed by atoms with van der Waals surface area (Å²) in [7, 11) is 1.60. The predicted octanol–water partition coefficient (Wildman–Crippen LogP) is 2.49. The Balaban J connectivity index is 1.81. The van der Waals surface area contributed by atoms with Gasteiger partial charge in [0.25, 0.3) is 0 Å². The summed E-state index contributed by atoms with van der Waals surface area (Å²) in [6.45, 7) is 9.62. The third kappa shape index (κ3) is 3.48. The molecule has 0 radical (unpaired) electrons. The molecule has 3 aliphatic heterocycles. The minimum absolute atomic E-state index is 0.0404. The highest BCUT2D eigenvalue weighted by Crippen LogP contribution is 2.71. The molecule has 0 aliphatic carbocycles. The molecule has 0 saturated carbocycles. The number of thioether (sulfide) groups is 1. The maximum atomic E-state index is 14.0. The highest BCUT2D eigenvalue weighted by Gasteiger charge is 2.77. The van der Waals surface area contributed by atoms with Gasteiger partial charge in [-0.05, 0) is 56.7 Å². The molecular weight excluding hydrogens is 438 g/mol. The molecule has 2 unspecified atom stereocenters. The van der Waals surface area contributed by atoms with Crippen LogP contribution in [0.25, 0.3) is 0 Å². The maximum absolute atomic E-state index is 14.0. The summed E-state index contributed by atoms with van der Waals surface area (Å²) >= 11 is 1.64. The molecule has 7 nitrogen and oxygen atoms in total. The molecule has 1 spiro atoms. The van der Waals surface area contributed by atoms with Gasteiger partial charge in [-0.25, -0.2) is 0 Å². The molecule has 3 aliphatic rings. The largest absolute Gasteiger partial charge is 0.394 e. The number of hydrogen-bond acceptors (Lipinski definition) is 5. The van der Waals surface area contributed by atoms with Gasteiger partial charge in [0.2, 0.25) is 17.7 Å². The number of rotatable bonds is 6. The molecule has 1 aromatic rings. The van der Waals surface area contributed by atoms with Crippen molar-refractivity contribution in [2.45, 2.75) is 69.0 Å². The van der Waals surface area contributed by atoms with E-state index in [4.69, 9.17) is 0 Å². The van der Waals surface area contributed by atoms with E-state index in [0.717, 1.165) is 23.2 Å². The standard InChI is InChI=1S/C25H35N3O4S/c1-13(2)17(12-29)28-20(22(31)27-16-11-14(3)7-8-15(16)4)25-10-9-24(5,33-25)18(21(30)26-6)19(25)23(28)32/h7-8,11,13,17-20,29H,9-10,12H2,1-6H3,(H,26,30)(H,27,31)/t17-,18+,19-,20?,24-,25?/m0/s1. The van der Waals surface area contributed by atoms with Crippen molar-refractivity contribution in [3.8, 4) is 0 Å². The number of likely N-dealkylation sites (tertiary alicyclic amines) is 1. The van der Waals surface area contributed by atoms with Gasteiger partial charge in [0.1, 0.15) is 6.04 Å². The van der Waals surface area contributed by atoms with Gasteiger partial charge in [0, 0.05) is 17.5 Å². The number of fused-ring (bicyclic) bond motifs is 1. The van der Waals surface area contributed by atoms with E-state index in [-0.39, 0.29) is 30.2 Å². The van der Waals surface area contributed by atoms with E-state index < -0.39 is 33.4 Å². The molecule has 6 atom stereocenters. The molecule has 2 bridgehead atoms. The van der Waals surface area contributed by atoms with Crippen molar-refractivity contribution < 1.29 is 19.5 Å². The van der Waals surface area contributed by atoms with Crippen molar-refractivity contribution in [3.05, 3.63) is 29.3 Å². The van der Waals surface area contributed by atoms with Gasteiger partial charge in [-0.15, -0.1) is 11.8 Å². The third-order valence-corrected chi connectivity index (χ3v) is 9.94. The van der Waals surface area contributed by atoms with E-state index >= 15 is 0 Å². The van der Waals surface area contributed by atoms with Gasteiger partial charge in [0.15, 0.2) is 0 Å². The van der Waals surface area contributed by atoms with Gasteiger partial charge < -0.3 is 20.6 Å². The minimum Gasteiger partial charge on any atom is -0.394 e. The summed E-state index contributed by atoms with van der Waals surface area (Å²) in [6.07, 6.45) is 1.46. The quantitative estimate of drug-likeness (QED) is 0.590. The van der Waals surface area contributed by atoms with Gasteiger partial charge in [-0.1, -0.05) is 26.0 Å². The van der Waals surface area contributed by atoms with Crippen LogP contribution in [-0.4, -0.2) is 63.0 Å². The van der Waals surface area contributed by atoms with Gasteiger partial charge >= 0.3 is 0 Å². The van der Waals surface area contributed by atoms with E-state index in [2.05, 4.69) is 10.6 Å². The third-order valence-electron chi connectivity index (χ3n) is 7.96. The number of carbonyl (C=O) groups excluding carboxylic acids is 3. The van der Waals surface area contributed by atoms with Crippen molar-refractivity contribution in [2.24, 2.45) is 17.8 Å². The molecule has 8 heteroatoms. The lowest BCUT2D eigenvalue weighted by Crippen LogP contribution is -2.56. The van der Waals surface area contributed by atoms with Crippen LogP contribution in [0, 0.1) is 31.6 Å². The number of nitrogens with one attached hydrogen (secondary N) is 2. The maximum Gasteiger partial charge on any atom is 0.248 e. The number of aliphatic hydroxyl groups excluding tert-OH is 1. The number of carbonyl (C=O) groups is 3. The zero-order chi connectivity index (χ0) is 24.3. The Morgan fingerprint density at radius 2 is 1.94 bits per heavy atom. The number of benzene rings is 1. The Hall–Kier alpha value is -2.06. The van der Waals surface area contributed by atoms with E-state index in [1.165, 1.54) is 0 Å². The molecule has 3 fully saturated rings. The minimum atomic E-state index is -0.754. The van der Waals surface area contributed by atoms with Crippen LogP contribution in [0.2, 0.25) is 0 Å². The summed E-state index contributed by atoms with van der Waals surface area (Å²) in [5.74, 6) is -1.70. The number of aryl methyl sites for hydroxylation is 2. The van der Waals surface area contributed by atoms with Crippen LogP contribution in [0.4, 0.5) is 5.69 Å². The van der Waals surface area contributed by atoms with Crippen LogP contribution in [0.3, 0.4) is 0 Å².